The monoisotopic (exact) mass is 329 g/mol. The van der Waals surface area contributed by atoms with Crippen molar-refractivity contribution < 1.29 is 9.90 Å². The fourth-order valence-corrected chi connectivity index (χ4v) is 2.62. The van der Waals surface area contributed by atoms with Crippen molar-refractivity contribution in [2.75, 3.05) is 13.2 Å². The number of nitrogens with zero attached hydrogens (tertiary/aromatic N) is 2. The Morgan fingerprint density at radius 2 is 1.96 bits per heavy atom. The van der Waals surface area contributed by atoms with Gasteiger partial charge >= 0.3 is 0 Å². The van der Waals surface area contributed by atoms with Gasteiger partial charge in [-0.3, -0.25) is 9.48 Å². The van der Waals surface area contributed by atoms with Gasteiger partial charge < -0.3 is 10.4 Å². The Morgan fingerprint density at radius 1 is 1.29 bits per heavy atom. The van der Waals surface area contributed by atoms with E-state index >= 15 is 0 Å². The first-order valence-electron chi connectivity index (χ1n) is 8.31. The molecule has 1 aromatic heterocycles. The lowest BCUT2D eigenvalue weighted by atomic mass is 9.92. The van der Waals surface area contributed by atoms with Crippen LogP contribution in [0, 0.1) is 0 Å². The fourth-order valence-electron chi connectivity index (χ4n) is 2.62. The van der Waals surface area contributed by atoms with Gasteiger partial charge in [-0.1, -0.05) is 51.1 Å². The summed E-state index contributed by atoms with van der Waals surface area (Å²) in [4.78, 5) is 12.5. The van der Waals surface area contributed by atoms with Crippen molar-refractivity contribution in [3.05, 3.63) is 53.3 Å². The van der Waals surface area contributed by atoms with Crippen LogP contribution in [0.5, 0.6) is 0 Å². The van der Waals surface area contributed by atoms with Crippen LogP contribution >= 0.6 is 0 Å². The van der Waals surface area contributed by atoms with Crippen LogP contribution < -0.4 is 5.32 Å². The maximum Gasteiger partial charge on any atom is 0.269 e. The zero-order valence-electron chi connectivity index (χ0n) is 14.9. The molecule has 2 N–H and O–H groups in total. The molecule has 0 spiro atoms. The molecule has 2 aromatic rings. The molecular formula is C19H27N3O2. The summed E-state index contributed by atoms with van der Waals surface area (Å²) in [5, 5.41) is 16.7. The van der Waals surface area contributed by atoms with Crippen molar-refractivity contribution in [1.82, 2.24) is 15.1 Å². The van der Waals surface area contributed by atoms with E-state index < -0.39 is 0 Å². The zero-order valence-corrected chi connectivity index (χ0v) is 14.9. The van der Waals surface area contributed by atoms with Gasteiger partial charge in [0, 0.05) is 31.5 Å². The largest absolute Gasteiger partial charge is 0.396 e. The molecule has 1 amide bonds. The van der Waals surface area contributed by atoms with Gasteiger partial charge in [-0.25, -0.2) is 0 Å². The molecular weight excluding hydrogens is 302 g/mol. The van der Waals surface area contributed by atoms with Gasteiger partial charge in [0.25, 0.3) is 5.91 Å². The van der Waals surface area contributed by atoms with E-state index in [1.54, 1.807) is 11.7 Å². The Balaban J connectivity index is 2.07. The van der Waals surface area contributed by atoms with Crippen molar-refractivity contribution >= 4 is 5.91 Å². The number of amides is 1. The molecule has 0 fully saturated rings. The summed E-state index contributed by atoms with van der Waals surface area (Å²) in [6, 6.07) is 11.8. The van der Waals surface area contributed by atoms with Gasteiger partial charge in [0.2, 0.25) is 0 Å². The summed E-state index contributed by atoms with van der Waals surface area (Å²) in [5.74, 6) is -0.0464. The molecule has 0 saturated heterocycles. The number of benzene rings is 1. The predicted molar refractivity (Wildman–Crippen MR) is 95.1 cm³/mol. The van der Waals surface area contributed by atoms with Crippen molar-refractivity contribution in [2.45, 2.75) is 38.5 Å². The average molecular weight is 329 g/mol. The second-order valence-electron chi connectivity index (χ2n) is 7.12. The molecule has 0 aliphatic heterocycles. The molecule has 0 aliphatic carbocycles. The topological polar surface area (TPSA) is 67.2 Å². The van der Waals surface area contributed by atoms with E-state index in [1.807, 2.05) is 36.4 Å². The highest BCUT2D eigenvalue weighted by atomic mass is 16.3. The number of aliphatic hydroxyl groups is 1. The molecule has 1 heterocycles. The minimum Gasteiger partial charge on any atom is -0.396 e. The number of rotatable bonds is 6. The van der Waals surface area contributed by atoms with Gasteiger partial charge in [0.15, 0.2) is 0 Å². The molecule has 5 heteroatoms. The number of hydrogen-bond acceptors (Lipinski definition) is 3. The standard InChI is InChI=1S/C19H27N3O2/c1-19(2,3)17-12-16(22(4)21-17)18(24)20-13-15(10-11-23)14-8-6-5-7-9-14/h5-9,12,15,23H,10-11,13H2,1-4H3,(H,20,24). The average Bonchev–Trinajstić information content (AvgIpc) is 2.94. The second kappa shape index (κ2) is 7.62. The number of aliphatic hydroxyl groups excluding tert-OH is 1. The van der Waals surface area contributed by atoms with Crippen LogP contribution in [0.15, 0.2) is 36.4 Å². The first-order valence-corrected chi connectivity index (χ1v) is 8.31. The van der Waals surface area contributed by atoms with Crippen LogP contribution in [0.4, 0.5) is 0 Å². The minimum absolute atomic E-state index is 0.0926. The van der Waals surface area contributed by atoms with E-state index in [1.165, 1.54) is 0 Å². The summed E-state index contributed by atoms with van der Waals surface area (Å²) in [6.45, 7) is 6.80. The fraction of sp³-hybridized carbons (Fsp3) is 0.474. The van der Waals surface area contributed by atoms with Gasteiger partial charge in [-0.2, -0.15) is 5.10 Å². The normalized spacial score (nSPS) is 12.9. The number of aryl methyl sites for hydroxylation is 1. The third kappa shape index (κ3) is 4.45. The summed E-state index contributed by atoms with van der Waals surface area (Å²) in [6.07, 6.45) is 0.614. The third-order valence-corrected chi connectivity index (χ3v) is 4.14. The van der Waals surface area contributed by atoms with Crippen LogP contribution in [0.25, 0.3) is 0 Å². The lowest BCUT2D eigenvalue weighted by Gasteiger charge is -2.17. The Hall–Kier alpha value is -2.14. The molecule has 0 bridgehead atoms. The molecule has 130 valence electrons. The van der Waals surface area contributed by atoms with Crippen molar-refractivity contribution in [3.8, 4) is 0 Å². The van der Waals surface area contributed by atoms with Crippen molar-refractivity contribution in [2.24, 2.45) is 7.05 Å². The number of carbonyl (C=O) groups excluding carboxylic acids is 1. The molecule has 0 aliphatic rings. The summed E-state index contributed by atoms with van der Waals surface area (Å²) < 4.78 is 1.62. The number of aromatic nitrogens is 2. The molecule has 1 aromatic carbocycles. The predicted octanol–water partition coefficient (Wildman–Crippen LogP) is 2.61. The minimum atomic E-state index is -0.139. The van der Waals surface area contributed by atoms with E-state index in [2.05, 4.69) is 31.2 Å². The van der Waals surface area contributed by atoms with Crippen LogP contribution in [0.3, 0.4) is 0 Å². The SMILES string of the molecule is Cn1nc(C(C)(C)C)cc1C(=O)NCC(CCO)c1ccccc1. The Labute approximate surface area is 143 Å². The van der Waals surface area contributed by atoms with Crippen LogP contribution in [0.2, 0.25) is 0 Å². The molecule has 1 atom stereocenters. The Kier molecular flexibility index (Phi) is 5.78. The van der Waals surface area contributed by atoms with Crippen LogP contribution in [-0.2, 0) is 12.5 Å². The lowest BCUT2D eigenvalue weighted by molar-refractivity contribution is 0.0940. The smallest absolute Gasteiger partial charge is 0.269 e. The van der Waals surface area contributed by atoms with Gasteiger partial charge in [-0.15, -0.1) is 0 Å². The number of nitrogens with one attached hydrogen (secondary N) is 1. The molecule has 24 heavy (non-hydrogen) atoms. The van der Waals surface area contributed by atoms with E-state index in [9.17, 15) is 9.90 Å². The summed E-state index contributed by atoms with van der Waals surface area (Å²) in [5.41, 5.74) is 2.47. The molecule has 0 radical (unpaired) electrons. The maximum atomic E-state index is 12.5. The summed E-state index contributed by atoms with van der Waals surface area (Å²) >= 11 is 0. The highest BCUT2D eigenvalue weighted by Crippen LogP contribution is 2.22. The summed E-state index contributed by atoms with van der Waals surface area (Å²) in [7, 11) is 1.78. The van der Waals surface area contributed by atoms with E-state index in [0.717, 1.165) is 11.3 Å². The van der Waals surface area contributed by atoms with Crippen LogP contribution in [0.1, 0.15) is 54.9 Å². The first-order chi connectivity index (χ1) is 11.3. The van der Waals surface area contributed by atoms with E-state index in [4.69, 9.17) is 0 Å². The van der Waals surface area contributed by atoms with Gasteiger partial charge in [-0.05, 0) is 18.1 Å². The number of carbonyl (C=O) groups is 1. The third-order valence-electron chi connectivity index (χ3n) is 4.14. The maximum absolute atomic E-state index is 12.5. The second-order valence-corrected chi connectivity index (χ2v) is 7.12. The zero-order chi connectivity index (χ0) is 17.7. The molecule has 2 rings (SSSR count). The van der Waals surface area contributed by atoms with Crippen molar-refractivity contribution in [3.63, 3.8) is 0 Å². The Bertz CT molecular complexity index is 672. The van der Waals surface area contributed by atoms with E-state index in [-0.39, 0.29) is 23.8 Å². The number of hydrogen-bond donors (Lipinski definition) is 2. The first kappa shape index (κ1) is 18.2. The van der Waals surface area contributed by atoms with Gasteiger partial charge in [0.05, 0.1) is 5.69 Å². The quantitative estimate of drug-likeness (QED) is 0.856. The van der Waals surface area contributed by atoms with E-state index in [0.29, 0.717) is 18.7 Å². The highest BCUT2D eigenvalue weighted by Gasteiger charge is 2.22. The molecule has 1 unspecified atom stereocenters. The van der Waals surface area contributed by atoms with Gasteiger partial charge in [0.1, 0.15) is 5.69 Å². The molecule has 5 nitrogen and oxygen atoms in total. The highest BCUT2D eigenvalue weighted by molar-refractivity contribution is 5.92. The lowest BCUT2D eigenvalue weighted by Crippen LogP contribution is -2.30. The van der Waals surface area contributed by atoms with Crippen LogP contribution in [-0.4, -0.2) is 33.9 Å². The Morgan fingerprint density at radius 3 is 2.50 bits per heavy atom. The molecule has 0 saturated carbocycles. The van der Waals surface area contributed by atoms with Crippen molar-refractivity contribution in [1.29, 1.82) is 0 Å².